The maximum atomic E-state index is 6.73. The number of pyridine rings is 2. The van der Waals surface area contributed by atoms with Crippen molar-refractivity contribution in [1.29, 1.82) is 0 Å². The number of rotatable bonds is 8. The number of aromatic nitrogens is 4. The van der Waals surface area contributed by atoms with Gasteiger partial charge in [-0.15, -0.1) is 0 Å². The predicted octanol–water partition coefficient (Wildman–Crippen LogP) is 36.5. The molecule has 636 valence electrons. The molecule has 30 rings (SSSR count). The van der Waals surface area contributed by atoms with Gasteiger partial charge in [-0.1, -0.05) is 376 Å². The van der Waals surface area contributed by atoms with Crippen molar-refractivity contribution >= 4 is 216 Å². The van der Waals surface area contributed by atoms with E-state index in [2.05, 4.69) is 437 Å². The zero-order valence-electron chi connectivity index (χ0n) is 74.5. The second kappa shape index (κ2) is 30.6. The van der Waals surface area contributed by atoms with Crippen LogP contribution >= 0.6 is 0 Å². The number of benzene rings is 26. The highest BCUT2D eigenvalue weighted by atomic mass is 16.4. The monoisotopic (exact) mass is 1750 g/mol. The van der Waals surface area contributed by atoms with Crippen LogP contribution < -0.4 is 0 Å². The molecule has 4 aromatic heterocycles. The molecule has 6 nitrogen and oxygen atoms in total. The van der Waals surface area contributed by atoms with Crippen LogP contribution in [0.1, 0.15) is 0 Å². The van der Waals surface area contributed by atoms with Crippen molar-refractivity contribution < 1.29 is 8.83 Å². The SMILES string of the molecule is c1ccc2c(c1)c(-c1ccc3c4ccccc4c4ccccc4c3c1)cc1c(-c3ccc(-c4nc5c6ccccc6c6ccccc6c5o4)cc3)cc(-c3ccc4c5ccccc5c5ccccc5c4c3)nc12.c1ccc2oc(-c3ccc(-c4cc(-c5ccc6c7ccccc7c7ccccc7c6c5)nc5c4cc(-c4ccc6c7ccccc7c7ccccc7c6c4)c4ccccc45)cc3)nc2c1. The smallest absolute Gasteiger partial charge is 0.227 e. The van der Waals surface area contributed by atoms with Gasteiger partial charge in [0, 0.05) is 54.6 Å². The Hall–Kier alpha value is -18.4. The van der Waals surface area contributed by atoms with Crippen molar-refractivity contribution in [1.82, 2.24) is 19.9 Å². The number of hydrogen-bond donors (Lipinski definition) is 0. The normalized spacial score (nSPS) is 12.1. The van der Waals surface area contributed by atoms with Crippen LogP contribution in [0.15, 0.2) is 470 Å². The molecule has 0 bridgehead atoms. The molecule has 4 heterocycles. The highest BCUT2D eigenvalue weighted by molar-refractivity contribution is 6.32. The molecule has 0 aliphatic heterocycles. The molecule has 0 unspecified atom stereocenters. The lowest BCUT2D eigenvalue weighted by Crippen LogP contribution is -1.94. The van der Waals surface area contributed by atoms with E-state index in [0.29, 0.717) is 11.8 Å². The zero-order valence-corrected chi connectivity index (χ0v) is 74.5. The molecule has 0 spiro atoms. The fraction of sp³-hybridized carbons (Fsp3) is 0. The summed E-state index contributed by atoms with van der Waals surface area (Å²) in [5, 5.41) is 41.3. The summed E-state index contributed by atoms with van der Waals surface area (Å²) in [5.74, 6) is 1.21. The molecule has 0 atom stereocenters. The molecule has 26 aromatic carbocycles. The standard InChI is InChI=1S/C70H40N2O.C62H36N2O/c1-3-19-49-45(15-1)47-17-5-7-23-53(47)63-37-43(33-35-56(49)63)61-39-65-62(41-29-31-42(32-30-41)70-72-68-59-27-13-9-21-51(59)52-22-11-14-28-60(52)69(68)73-70)40-66(71-67(65)58-26-12-10-25-55(58)61)44-34-36-57-50-20-4-2-16-46(50)48-18-6-8-24-54(48)64(57)38-44;1-3-17-45-41(13-1)43-15-5-7-19-47(43)55-33-39(29-31-50(45)55)53-35-57-54(37-25-27-38(28-26-37)62-64-58-23-11-12-24-60(58)65-62)36-59(63-61(57)52-22-10-9-21-49(52)53)40-30-32-51-46-18-4-2-14-42(46)44-16-6-8-20-48(44)56(51)34-40/h1-40H;1-36H. The van der Waals surface area contributed by atoms with Crippen molar-refractivity contribution in [3.8, 4) is 89.9 Å². The van der Waals surface area contributed by atoms with Crippen LogP contribution in [-0.4, -0.2) is 19.9 Å². The van der Waals surface area contributed by atoms with Gasteiger partial charge in [0.1, 0.15) is 11.0 Å². The fourth-order valence-corrected chi connectivity index (χ4v) is 22.9. The van der Waals surface area contributed by atoms with Gasteiger partial charge in [0.15, 0.2) is 11.2 Å². The first-order valence-electron chi connectivity index (χ1n) is 47.3. The molecule has 0 N–H and O–H groups in total. The number of oxazole rings is 2. The van der Waals surface area contributed by atoms with E-state index in [1.807, 2.05) is 24.3 Å². The molecule has 6 heteroatoms. The van der Waals surface area contributed by atoms with Gasteiger partial charge in [0.2, 0.25) is 11.8 Å². The maximum absolute atomic E-state index is 6.73. The highest BCUT2D eigenvalue weighted by Gasteiger charge is 2.25. The van der Waals surface area contributed by atoms with Crippen molar-refractivity contribution in [3.63, 3.8) is 0 Å². The second-order valence-electron chi connectivity index (χ2n) is 36.7. The second-order valence-corrected chi connectivity index (χ2v) is 36.7. The van der Waals surface area contributed by atoms with Crippen LogP contribution in [0.5, 0.6) is 0 Å². The Morgan fingerprint density at radius 3 is 0.703 bits per heavy atom. The van der Waals surface area contributed by atoms with E-state index in [9.17, 15) is 0 Å². The average molecular weight is 1750 g/mol. The Morgan fingerprint density at radius 2 is 0.362 bits per heavy atom. The van der Waals surface area contributed by atoms with Gasteiger partial charge in [0.25, 0.3) is 0 Å². The Labute approximate surface area is 790 Å². The van der Waals surface area contributed by atoms with E-state index < -0.39 is 0 Å². The van der Waals surface area contributed by atoms with Crippen molar-refractivity contribution in [2.24, 2.45) is 0 Å². The van der Waals surface area contributed by atoms with E-state index in [0.717, 1.165) is 132 Å². The predicted molar refractivity (Wildman–Crippen MR) is 582 cm³/mol. The summed E-state index contributed by atoms with van der Waals surface area (Å²) in [6, 6.07) is 167. The summed E-state index contributed by atoms with van der Waals surface area (Å²) >= 11 is 0. The van der Waals surface area contributed by atoms with Gasteiger partial charge in [-0.25, -0.2) is 19.9 Å². The summed E-state index contributed by atoms with van der Waals surface area (Å²) in [7, 11) is 0. The number of fused-ring (bicyclic) bond motifs is 37. The van der Waals surface area contributed by atoms with Gasteiger partial charge < -0.3 is 8.83 Å². The molecule has 30 aromatic rings. The molecule has 0 radical (unpaired) electrons. The van der Waals surface area contributed by atoms with Gasteiger partial charge in [-0.05, 0) is 280 Å². The van der Waals surface area contributed by atoms with Crippen molar-refractivity contribution in [2.45, 2.75) is 0 Å². The van der Waals surface area contributed by atoms with Crippen LogP contribution in [0.25, 0.3) is 306 Å². The number of hydrogen-bond acceptors (Lipinski definition) is 6. The Bertz CT molecular complexity index is 10300. The highest BCUT2D eigenvalue weighted by Crippen LogP contribution is 2.50. The summed E-state index contributed by atoms with van der Waals surface area (Å²) in [4.78, 5) is 21.3. The third-order valence-electron chi connectivity index (χ3n) is 29.3. The minimum absolute atomic E-state index is 0.601. The topological polar surface area (TPSA) is 77.8 Å². The first-order valence-corrected chi connectivity index (χ1v) is 47.3. The Kier molecular flexibility index (Phi) is 17.1. The van der Waals surface area contributed by atoms with E-state index in [1.165, 1.54) is 162 Å². The quantitative estimate of drug-likeness (QED) is 0.141. The molecular weight excluding hydrogens is 1670 g/mol. The molecular formula is C132H76N4O2. The van der Waals surface area contributed by atoms with Crippen LogP contribution in [0.4, 0.5) is 0 Å². The van der Waals surface area contributed by atoms with Crippen LogP contribution in [-0.2, 0) is 0 Å². The number of nitrogens with zero attached hydrogens (tertiary/aromatic N) is 4. The van der Waals surface area contributed by atoms with E-state index in [1.54, 1.807) is 0 Å². The van der Waals surface area contributed by atoms with Gasteiger partial charge >= 0.3 is 0 Å². The first-order chi connectivity index (χ1) is 68.4. The van der Waals surface area contributed by atoms with E-state index in [-0.39, 0.29) is 0 Å². The maximum Gasteiger partial charge on any atom is 0.227 e. The summed E-state index contributed by atoms with van der Waals surface area (Å²) in [6.07, 6.45) is 0. The zero-order chi connectivity index (χ0) is 90.3. The van der Waals surface area contributed by atoms with Crippen LogP contribution in [0, 0.1) is 0 Å². The molecule has 0 aliphatic rings. The minimum atomic E-state index is 0.601. The summed E-state index contributed by atoms with van der Waals surface area (Å²) < 4.78 is 12.9. The van der Waals surface area contributed by atoms with Gasteiger partial charge in [0.05, 0.1) is 22.4 Å². The molecule has 0 saturated heterocycles. The largest absolute Gasteiger partial charge is 0.436 e. The first kappa shape index (κ1) is 77.3. The third kappa shape index (κ3) is 12.0. The molecule has 0 fully saturated rings. The van der Waals surface area contributed by atoms with E-state index >= 15 is 0 Å². The van der Waals surface area contributed by atoms with Crippen molar-refractivity contribution in [3.05, 3.63) is 461 Å². The fourth-order valence-electron chi connectivity index (χ4n) is 22.9. The Balaban J connectivity index is 0.000000134. The molecule has 138 heavy (non-hydrogen) atoms. The van der Waals surface area contributed by atoms with Crippen molar-refractivity contribution in [2.75, 3.05) is 0 Å². The summed E-state index contributed by atoms with van der Waals surface area (Å²) in [5.41, 5.74) is 20.2. The lowest BCUT2D eigenvalue weighted by atomic mass is 9.88. The molecule has 0 saturated carbocycles. The minimum Gasteiger partial charge on any atom is -0.436 e. The van der Waals surface area contributed by atoms with Crippen LogP contribution in [0.2, 0.25) is 0 Å². The average Bonchev–Trinajstić information content (AvgIpc) is 1.51. The molecule has 0 aliphatic carbocycles. The third-order valence-corrected chi connectivity index (χ3v) is 29.3. The Morgan fingerprint density at radius 1 is 0.130 bits per heavy atom. The lowest BCUT2D eigenvalue weighted by Gasteiger charge is -2.17. The lowest BCUT2D eigenvalue weighted by molar-refractivity contribution is 0.620. The van der Waals surface area contributed by atoms with Gasteiger partial charge in [-0.2, -0.15) is 0 Å². The number of para-hydroxylation sites is 2. The molecule has 0 amide bonds. The van der Waals surface area contributed by atoms with Crippen LogP contribution in [0.3, 0.4) is 0 Å². The summed E-state index contributed by atoms with van der Waals surface area (Å²) in [6.45, 7) is 0. The van der Waals surface area contributed by atoms with E-state index in [4.69, 9.17) is 28.8 Å². The van der Waals surface area contributed by atoms with Gasteiger partial charge in [-0.3, -0.25) is 0 Å².